The first-order valence-electron chi connectivity index (χ1n) is 7.56. The maximum Gasteiger partial charge on any atom is 0.163 e. The zero-order valence-corrected chi connectivity index (χ0v) is 12.8. The number of aliphatic hydroxyl groups is 1. The fourth-order valence-electron chi connectivity index (χ4n) is 2.55. The molecule has 0 radical (unpaired) electrons. The van der Waals surface area contributed by atoms with Crippen LogP contribution in [0.3, 0.4) is 0 Å². The monoisotopic (exact) mass is 317 g/mol. The molecular weight excluding hydrogens is 302 g/mol. The molecule has 6 heteroatoms. The Labute approximate surface area is 138 Å². The van der Waals surface area contributed by atoms with Crippen molar-refractivity contribution < 1.29 is 5.11 Å². The number of benzene rings is 1. The van der Waals surface area contributed by atoms with Gasteiger partial charge in [0.2, 0.25) is 0 Å². The highest BCUT2D eigenvalue weighted by Crippen LogP contribution is 2.25. The van der Waals surface area contributed by atoms with E-state index in [4.69, 9.17) is 0 Å². The van der Waals surface area contributed by atoms with Crippen molar-refractivity contribution in [3.63, 3.8) is 0 Å². The van der Waals surface area contributed by atoms with Crippen LogP contribution in [0.5, 0.6) is 0 Å². The van der Waals surface area contributed by atoms with Gasteiger partial charge in [-0.3, -0.25) is 4.98 Å². The van der Waals surface area contributed by atoms with Crippen LogP contribution in [0.4, 0.5) is 11.5 Å². The summed E-state index contributed by atoms with van der Waals surface area (Å²) in [6.45, 7) is -0.110. The van der Waals surface area contributed by atoms with Gasteiger partial charge in [-0.25, -0.2) is 4.98 Å². The molecule has 1 aromatic carbocycles. The van der Waals surface area contributed by atoms with Crippen molar-refractivity contribution in [2.75, 3.05) is 5.32 Å². The van der Waals surface area contributed by atoms with Gasteiger partial charge in [0.05, 0.1) is 30.4 Å². The minimum atomic E-state index is -0.110. The van der Waals surface area contributed by atoms with Crippen molar-refractivity contribution in [1.29, 1.82) is 0 Å². The highest BCUT2D eigenvalue weighted by Gasteiger charge is 2.12. The van der Waals surface area contributed by atoms with E-state index in [1.165, 1.54) is 0 Å². The minimum absolute atomic E-state index is 0.110. The molecule has 6 nitrogen and oxygen atoms in total. The fourth-order valence-corrected chi connectivity index (χ4v) is 2.55. The van der Waals surface area contributed by atoms with Gasteiger partial charge in [0.25, 0.3) is 0 Å². The fraction of sp³-hybridized carbons (Fsp3) is 0.0556. The Morgan fingerprint density at radius 3 is 2.67 bits per heavy atom. The first-order chi connectivity index (χ1) is 11.8. The van der Waals surface area contributed by atoms with Crippen LogP contribution in [0.15, 0.2) is 67.1 Å². The van der Waals surface area contributed by atoms with Gasteiger partial charge in [-0.15, -0.1) is 0 Å². The Morgan fingerprint density at radius 2 is 1.92 bits per heavy atom. The topological polar surface area (TPSA) is 75.3 Å². The Hall–Kier alpha value is -3.25. The van der Waals surface area contributed by atoms with Gasteiger partial charge in [-0.2, -0.15) is 9.61 Å². The number of fused-ring (bicyclic) bond motifs is 1. The van der Waals surface area contributed by atoms with Crippen molar-refractivity contribution >= 4 is 17.2 Å². The molecule has 0 unspecified atom stereocenters. The number of aliphatic hydroxyl groups excluding tert-OH is 1. The van der Waals surface area contributed by atoms with Gasteiger partial charge in [0.15, 0.2) is 5.65 Å². The SMILES string of the molecule is OCc1cnn2c(Nc3cccnc3)cc(-c3ccccc3)nc12. The molecule has 118 valence electrons. The highest BCUT2D eigenvalue weighted by atomic mass is 16.3. The third-order valence-corrected chi connectivity index (χ3v) is 3.72. The number of aromatic nitrogens is 4. The Bertz CT molecular complexity index is 967. The zero-order chi connectivity index (χ0) is 16.4. The lowest BCUT2D eigenvalue weighted by atomic mass is 10.1. The van der Waals surface area contributed by atoms with E-state index in [1.54, 1.807) is 23.1 Å². The second-order valence-corrected chi connectivity index (χ2v) is 5.32. The lowest BCUT2D eigenvalue weighted by Crippen LogP contribution is -2.03. The van der Waals surface area contributed by atoms with Gasteiger partial charge in [0, 0.05) is 23.4 Å². The quantitative estimate of drug-likeness (QED) is 0.605. The third kappa shape index (κ3) is 2.59. The summed E-state index contributed by atoms with van der Waals surface area (Å²) in [7, 11) is 0. The molecule has 0 aliphatic rings. The van der Waals surface area contributed by atoms with E-state index in [9.17, 15) is 5.11 Å². The lowest BCUT2D eigenvalue weighted by Gasteiger charge is -2.11. The summed E-state index contributed by atoms with van der Waals surface area (Å²) in [6.07, 6.45) is 5.09. The smallest absolute Gasteiger partial charge is 0.163 e. The van der Waals surface area contributed by atoms with E-state index in [1.807, 2.05) is 48.5 Å². The molecule has 3 aromatic heterocycles. The molecule has 0 bridgehead atoms. The van der Waals surface area contributed by atoms with E-state index in [0.717, 1.165) is 22.8 Å². The summed E-state index contributed by atoms with van der Waals surface area (Å²) in [5.74, 6) is 0.756. The van der Waals surface area contributed by atoms with Gasteiger partial charge in [0.1, 0.15) is 5.82 Å². The largest absolute Gasteiger partial charge is 0.391 e. The molecule has 0 fully saturated rings. The number of rotatable bonds is 4. The van der Waals surface area contributed by atoms with Gasteiger partial charge >= 0.3 is 0 Å². The van der Waals surface area contributed by atoms with Gasteiger partial charge in [-0.1, -0.05) is 30.3 Å². The predicted octanol–water partition coefficient (Wildman–Crippen LogP) is 3.03. The molecule has 24 heavy (non-hydrogen) atoms. The van der Waals surface area contributed by atoms with E-state index in [0.29, 0.717) is 11.2 Å². The van der Waals surface area contributed by atoms with Crippen LogP contribution in [-0.2, 0) is 6.61 Å². The molecule has 3 heterocycles. The van der Waals surface area contributed by atoms with Crippen molar-refractivity contribution in [3.8, 4) is 11.3 Å². The molecular formula is C18H15N5O. The second kappa shape index (κ2) is 6.10. The number of anilines is 2. The molecule has 4 rings (SSSR count). The van der Waals surface area contributed by atoms with E-state index in [2.05, 4.69) is 20.4 Å². The van der Waals surface area contributed by atoms with Gasteiger partial charge < -0.3 is 10.4 Å². The van der Waals surface area contributed by atoms with E-state index in [-0.39, 0.29) is 6.61 Å². The summed E-state index contributed by atoms with van der Waals surface area (Å²) >= 11 is 0. The molecule has 0 amide bonds. The molecule has 0 saturated heterocycles. The maximum atomic E-state index is 9.54. The number of hydrogen-bond acceptors (Lipinski definition) is 5. The van der Waals surface area contributed by atoms with Crippen molar-refractivity contribution in [2.45, 2.75) is 6.61 Å². The summed E-state index contributed by atoms with van der Waals surface area (Å²) < 4.78 is 1.69. The van der Waals surface area contributed by atoms with Crippen molar-refractivity contribution in [2.24, 2.45) is 0 Å². The third-order valence-electron chi connectivity index (χ3n) is 3.72. The molecule has 0 saturated carbocycles. The average Bonchev–Trinajstić information content (AvgIpc) is 3.07. The number of nitrogens with one attached hydrogen (secondary N) is 1. The van der Waals surface area contributed by atoms with E-state index >= 15 is 0 Å². The Morgan fingerprint density at radius 1 is 1.04 bits per heavy atom. The molecule has 0 spiro atoms. The number of hydrogen-bond donors (Lipinski definition) is 2. The van der Waals surface area contributed by atoms with Crippen LogP contribution < -0.4 is 5.32 Å². The van der Waals surface area contributed by atoms with Crippen LogP contribution in [0.25, 0.3) is 16.9 Å². The van der Waals surface area contributed by atoms with Crippen molar-refractivity contribution in [3.05, 3.63) is 72.7 Å². The minimum Gasteiger partial charge on any atom is -0.391 e. The molecule has 0 aliphatic carbocycles. The molecule has 4 aromatic rings. The maximum absolute atomic E-state index is 9.54. The summed E-state index contributed by atoms with van der Waals surface area (Å²) in [4.78, 5) is 8.78. The summed E-state index contributed by atoms with van der Waals surface area (Å²) in [5.41, 5.74) is 3.97. The normalized spacial score (nSPS) is 10.9. The number of pyridine rings is 1. The van der Waals surface area contributed by atoms with E-state index < -0.39 is 0 Å². The van der Waals surface area contributed by atoms with Crippen LogP contribution in [-0.4, -0.2) is 24.7 Å². The van der Waals surface area contributed by atoms with Crippen LogP contribution in [0.1, 0.15) is 5.56 Å². The van der Waals surface area contributed by atoms with Crippen LogP contribution in [0, 0.1) is 0 Å². The predicted molar refractivity (Wildman–Crippen MR) is 91.9 cm³/mol. The summed E-state index contributed by atoms with van der Waals surface area (Å²) in [6, 6.07) is 15.6. The van der Waals surface area contributed by atoms with Crippen molar-refractivity contribution in [1.82, 2.24) is 19.6 Å². The lowest BCUT2D eigenvalue weighted by molar-refractivity contribution is 0.283. The zero-order valence-electron chi connectivity index (χ0n) is 12.8. The molecule has 0 aliphatic heterocycles. The second-order valence-electron chi connectivity index (χ2n) is 5.32. The molecule has 0 atom stereocenters. The number of nitrogens with zero attached hydrogens (tertiary/aromatic N) is 4. The van der Waals surface area contributed by atoms with Crippen LogP contribution >= 0.6 is 0 Å². The molecule has 2 N–H and O–H groups in total. The Kier molecular flexibility index (Phi) is 3.64. The highest BCUT2D eigenvalue weighted by molar-refractivity contribution is 5.70. The first-order valence-corrected chi connectivity index (χ1v) is 7.56. The average molecular weight is 317 g/mol. The standard InChI is InChI=1S/C18H15N5O/c24-12-14-10-20-23-17(21-15-7-4-8-19-11-15)9-16(22-18(14)23)13-5-2-1-3-6-13/h1-11,21,24H,12H2. The van der Waals surface area contributed by atoms with Crippen LogP contribution in [0.2, 0.25) is 0 Å². The Balaban J connectivity index is 1.89. The summed E-state index contributed by atoms with van der Waals surface area (Å²) in [5, 5.41) is 17.2. The van der Waals surface area contributed by atoms with Gasteiger partial charge in [-0.05, 0) is 12.1 Å². The first kappa shape index (κ1) is 14.3.